The molecule has 0 aliphatic rings. The van der Waals surface area contributed by atoms with Gasteiger partial charge in [0.25, 0.3) is 0 Å². The Kier molecular flexibility index (Phi) is 4.22. The molecule has 112 valence electrons. The zero-order valence-electron chi connectivity index (χ0n) is 12.5. The van der Waals surface area contributed by atoms with Crippen molar-refractivity contribution in [1.29, 1.82) is 0 Å². The summed E-state index contributed by atoms with van der Waals surface area (Å²) in [5.41, 5.74) is 4.00. The molecular weight excluding hydrogens is 294 g/mol. The van der Waals surface area contributed by atoms with E-state index in [1.54, 1.807) is 7.11 Å². The molecule has 0 aliphatic heterocycles. The van der Waals surface area contributed by atoms with Gasteiger partial charge in [0.1, 0.15) is 16.9 Å². The zero-order valence-corrected chi connectivity index (χ0v) is 13.3. The lowest BCUT2D eigenvalue weighted by molar-refractivity contribution is 0.220. The Labute approximate surface area is 133 Å². The maximum atomic E-state index is 10.5. The molecule has 22 heavy (non-hydrogen) atoms. The van der Waals surface area contributed by atoms with Gasteiger partial charge in [0.15, 0.2) is 0 Å². The summed E-state index contributed by atoms with van der Waals surface area (Å²) in [6.07, 6.45) is -0.714. The van der Waals surface area contributed by atoms with Crippen molar-refractivity contribution in [2.45, 2.75) is 13.0 Å². The molecule has 3 rings (SSSR count). The Morgan fingerprint density at radius 2 is 1.82 bits per heavy atom. The quantitative estimate of drug-likeness (QED) is 0.785. The highest BCUT2D eigenvalue weighted by Gasteiger charge is 2.16. The summed E-state index contributed by atoms with van der Waals surface area (Å²) in [4.78, 5) is 4.60. The van der Waals surface area contributed by atoms with Gasteiger partial charge in [0.2, 0.25) is 0 Å². The predicted octanol–water partition coefficient (Wildman–Crippen LogP) is 4.21. The molecule has 0 radical (unpaired) electrons. The molecule has 0 aliphatic carbocycles. The summed E-state index contributed by atoms with van der Waals surface area (Å²) in [7, 11) is 1.63. The van der Waals surface area contributed by atoms with E-state index < -0.39 is 6.10 Å². The van der Waals surface area contributed by atoms with Gasteiger partial charge in [-0.1, -0.05) is 36.4 Å². The number of aliphatic hydroxyl groups excluding tert-OH is 1. The minimum absolute atomic E-state index is 0.698. The first-order valence-electron chi connectivity index (χ1n) is 7.02. The SMILES string of the molecule is COc1ccc(C(O)c2nc(-c3ccccc3C)cs2)cc1. The Morgan fingerprint density at radius 1 is 1.09 bits per heavy atom. The molecule has 1 atom stereocenters. The fourth-order valence-corrected chi connectivity index (χ4v) is 3.15. The van der Waals surface area contributed by atoms with Crippen LogP contribution >= 0.6 is 11.3 Å². The van der Waals surface area contributed by atoms with E-state index in [1.165, 1.54) is 16.9 Å². The second kappa shape index (κ2) is 6.30. The molecule has 0 saturated heterocycles. The van der Waals surface area contributed by atoms with Crippen molar-refractivity contribution in [3.05, 3.63) is 70.0 Å². The van der Waals surface area contributed by atoms with Crippen LogP contribution in [-0.2, 0) is 0 Å². The van der Waals surface area contributed by atoms with Crippen LogP contribution in [0, 0.1) is 6.92 Å². The number of thiazole rings is 1. The van der Waals surface area contributed by atoms with Crippen LogP contribution in [0.5, 0.6) is 5.75 Å². The van der Waals surface area contributed by atoms with E-state index in [2.05, 4.69) is 18.0 Å². The van der Waals surface area contributed by atoms with Crippen LogP contribution < -0.4 is 4.74 Å². The lowest BCUT2D eigenvalue weighted by Gasteiger charge is -2.08. The minimum atomic E-state index is -0.714. The molecule has 1 unspecified atom stereocenters. The van der Waals surface area contributed by atoms with Crippen LogP contribution in [0.3, 0.4) is 0 Å². The van der Waals surface area contributed by atoms with E-state index in [0.717, 1.165) is 22.6 Å². The van der Waals surface area contributed by atoms with Crippen molar-refractivity contribution in [2.24, 2.45) is 0 Å². The van der Waals surface area contributed by atoms with E-state index in [1.807, 2.05) is 47.8 Å². The van der Waals surface area contributed by atoms with E-state index in [-0.39, 0.29) is 0 Å². The summed E-state index contributed by atoms with van der Waals surface area (Å²) in [6, 6.07) is 15.5. The van der Waals surface area contributed by atoms with Crippen LogP contribution in [0.15, 0.2) is 53.9 Å². The molecule has 4 heteroatoms. The summed E-state index contributed by atoms with van der Waals surface area (Å²) >= 11 is 1.47. The first kappa shape index (κ1) is 14.8. The largest absolute Gasteiger partial charge is 0.497 e. The number of aliphatic hydroxyl groups is 1. The predicted molar refractivity (Wildman–Crippen MR) is 89.3 cm³/mol. The average molecular weight is 311 g/mol. The van der Waals surface area contributed by atoms with E-state index in [4.69, 9.17) is 4.74 Å². The molecule has 1 heterocycles. The van der Waals surface area contributed by atoms with E-state index >= 15 is 0 Å². The summed E-state index contributed by atoms with van der Waals surface area (Å²) in [5, 5.41) is 13.2. The second-order valence-corrected chi connectivity index (χ2v) is 5.95. The van der Waals surface area contributed by atoms with Gasteiger partial charge < -0.3 is 9.84 Å². The first-order valence-corrected chi connectivity index (χ1v) is 7.90. The molecular formula is C18H17NO2S. The molecule has 2 aromatic carbocycles. The van der Waals surface area contributed by atoms with Gasteiger partial charge in [-0.3, -0.25) is 0 Å². The molecule has 3 nitrogen and oxygen atoms in total. The fraction of sp³-hybridized carbons (Fsp3) is 0.167. The van der Waals surface area contributed by atoms with Gasteiger partial charge in [-0.15, -0.1) is 11.3 Å². The molecule has 3 aromatic rings. The van der Waals surface area contributed by atoms with Gasteiger partial charge in [-0.2, -0.15) is 0 Å². The summed E-state index contributed by atoms with van der Waals surface area (Å²) in [5.74, 6) is 0.774. The third kappa shape index (κ3) is 2.89. The number of hydrogen-bond donors (Lipinski definition) is 1. The van der Waals surface area contributed by atoms with Crippen molar-refractivity contribution >= 4 is 11.3 Å². The van der Waals surface area contributed by atoms with Gasteiger partial charge >= 0.3 is 0 Å². The smallest absolute Gasteiger partial charge is 0.131 e. The van der Waals surface area contributed by atoms with Crippen molar-refractivity contribution in [2.75, 3.05) is 7.11 Å². The topological polar surface area (TPSA) is 42.4 Å². The third-order valence-electron chi connectivity index (χ3n) is 3.61. The van der Waals surface area contributed by atoms with Gasteiger partial charge in [-0.05, 0) is 30.2 Å². The van der Waals surface area contributed by atoms with Crippen molar-refractivity contribution in [3.8, 4) is 17.0 Å². The maximum absolute atomic E-state index is 10.5. The Bertz CT molecular complexity index is 765. The van der Waals surface area contributed by atoms with Crippen LogP contribution in [-0.4, -0.2) is 17.2 Å². The number of benzene rings is 2. The number of aryl methyl sites for hydroxylation is 1. The van der Waals surface area contributed by atoms with Crippen molar-refractivity contribution in [1.82, 2.24) is 4.98 Å². The van der Waals surface area contributed by atoms with E-state index in [0.29, 0.717) is 5.01 Å². The third-order valence-corrected chi connectivity index (χ3v) is 4.51. The lowest BCUT2D eigenvalue weighted by Crippen LogP contribution is -1.99. The number of nitrogens with zero attached hydrogens (tertiary/aromatic N) is 1. The molecule has 0 saturated carbocycles. The monoisotopic (exact) mass is 311 g/mol. The average Bonchev–Trinajstić information content (AvgIpc) is 3.04. The second-order valence-electron chi connectivity index (χ2n) is 5.06. The molecule has 0 amide bonds. The van der Waals surface area contributed by atoms with Crippen molar-refractivity contribution < 1.29 is 9.84 Å². The molecule has 1 N–H and O–H groups in total. The molecule has 0 fully saturated rings. The highest BCUT2D eigenvalue weighted by molar-refractivity contribution is 7.10. The number of ether oxygens (including phenoxy) is 1. The zero-order chi connectivity index (χ0) is 15.5. The number of rotatable bonds is 4. The van der Waals surface area contributed by atoms with Crippen LogP contribution in [0.2, 0.25) is 0 Å². The molecule has 1 aromatic heterocycles. The van der Waals surface area contributed by atoms with Crippen LogP contribution in [0.25, 0.3) is 11.3 Å². The number of methoxy groups -OCH3 is 1. The van der Waals surface area contributed by atoms with Gasteiger partial charge in [0.05, 0.1) is 12.8 Å². The minimum Gasteiger partial charge on any atom is -0.497 e. The highest BCUT2D eigenvalue weighted by atomic mass is 32.1. The summed E-state index contributed by atoms with van der Waals surface area (Å²) < 4.78 is 5.14. The summed E-state index contributed by atoms with van der Waals surface area (Å²) in [6.45, 7) is 2.06. The van der Waals surface area contributed by atoms with Crippen LogP contribution in [0.4, 0.5) is 0 Å². The lowest BCUT2D eigenvalue weighted by atomic mass is 10.1. The molecule has 0 spiro atoms. The maximum Gasteiger partial charge on any atom is 0.131 e. The number of aromatic nitrogens is 1. The Morgan fingerprint density at radius 3 is 2.50 bits per heavy atom. The highest BCUT2D eigenvalue weighted by Crippen LogP contribution is 2.30. The Hall–Kier alpha value is -2.17. The molecule has 0 bridgehead atoms. The first-order chi connectivity index (χ1) is 10.7. The standard InChI is InChI=1S/C18H17NO2S/c1-12-5-3-4-6-15(12)16-11-22-18(19-16)17(20)13-7-9-14(21-2)10-8-13/h3-11,17,20H,1-2H3. The van der Waals surface area contributed by atoms with Gasteiger partial charge in [-0.25, -0.2) is 4.98 Å². The Balaban J connectivity index is 1.88. The van der Waals surface area contributed by atoms with Crippen LogP contribution in [0.1, 0.15) is 22.2 Å². The fourth-order valence-electron chi connectivity index (χ4n) is 2.33. The number of hydrogen-bond acceptors (Lipinski definition) is 4. The van der Waals surface area contributed by atoms with E-state index in [9.17, 15) is 5.11 Å². The van der Waals surface area contributed by atoms with Gasteiger partial charge in [0, 0.05) is 10.9 Å². The van der Waals surface area contributed by atoms with Crippen molar-refractivity contribution in [3.63, 3.8) is 0 Å². The normalized spacial score (nSPS) is 12.1.